The summed E-state index contributed by atoms with van der Waals surface area (Å²) in [7, 11) is -3.93. The summed E-state index contributed by atoms with van der Waals surface area (Å²) in [6, 6.07) is 6.28. The molecule has 0 heterocycles. The summed E-state index contributed by atoms with van der Waals surface area (Å²) in [6.07, 6.45) is 0. The van der Waals surface area contributed by atoms with Crippen LogP contribution in [0.25, 0.3) is 0 Å². The summed E-state index contributed by atoms with van der Waals surface area (Å²) in [6.45, 7) is 0. The van der Waals surface area contributed by atoms with E-state index in [4.69, 9.17) is 10.3 Å². The van der Waals surface area contributed by atoms with E-state index in [1.807, 2.05) is 0 Å². The van der Waals surface area contributed by atoms with Gasteiger partial charge in [0.2, 0.25) is 0 Å². The number of nitrogens with two attached hydrogens (primary N) is 1. The third-order valence-electron chi connectivity index (χ3n) is 1.33. The van der Waals surface area contributed by atoms with Crippen LogP contribution in [0.4, 0.5) is 5.69 Å². The minimum Gasteiger partial charge on any atom is -0.399 e. The van der Waals surface area contributed by atoms with Crippen LogP contribution in [-0.2, 0) is 15.9 Å². The van der Waals surface area contributed by atoms with Crippen LogP contribution < -0.4 is 5.73 Å². The van der Waals surface area contributed by atoms with Gasteiger partial charge in [0.25, 0.3) is 10.1 Å². The van der Waals surface area contributed by atoms with Gasteiger partial charge in [-0.15, -0.1) is 0 Å². The first kappa shape index (κ1) is 12.9. The van der Waals surface area contributed by atoms with Gasteiger partial charge in [-0.1, -0.05) is 12.1 Å². The van der Waals surface area contributed by atoms with Gasteiger partial charge in [-0.25, -0.2) is 0 Å². The maximum absolute atomic E-state index is 10.4. The van der Waals surface area contributed by atoms with Crippen LogP contribution in [0.2, 0.25) is 0 Å². The maximum atomic E-state index is 10.4. The first-order chi connectivity index (χ1) is 5.47. The molecular weight excluding hydrogens is 201 g/mol. The minimum absolute atomic E-state index is 0. The number of anilines is 1. The van der Waals surface area contributed by atoms with Crippen molar-refractivity contribution in [3.63, 3.8) is 0 Å². The molecule has 4 nitrogen and oxygen atoms in total. The Morgan fingerprint density at radius 2 is 1.69 bits per heavy atom. The molecule has 0 aliphatic carbocycles. The van der Waals surface area contributed by atoms with Crippen LogP contribution >= 0.6 is 0 Å². The van der Waals surface area contributed by atoms with Gasteiger partial charge < -0.3 is 5.73 Å². The molecule has 0 spiro atoms. The Balaban J connectivity index is 0.00000144. The van der Waals surface area contributed by atoms with Crippen molar-refractivity contribution in [1.29, 1.82) is 0 Å². The third kappa shape index (κ3) is 5.28. The van der Waals surface area contributed by atoms with E-state index in [0.29, 0.717) is 11.3 Å². The van der Waals surface area contributed by atoms with E-state index >= 15 is 0 Å². The number of hydrogen-bond acceptors (Lipinski definition) is 3. The summed E-state index contributed by atoms with van der Waals surface area (Å²) in [4.78, 5) is 0. The summed E-state index contributed by atoms with van der Waals surface area (Å²) in [5, 5.41) is 0. The largest absolute Gasteiger partial charge is 0.399 e. The van der Waals surface area contributed by atoms with Crippen molar-refractivity contribution in [2.45, 2.75) is 5.75 Å². The average Bonchev–Trinajstić information content (AvgIpc) is 1.91. The molecule has 0 fully saturated rings. The molecule has 1 aromatic rings. The molecular formula is C7H9NNaO3S. The van der Waals surface area contributed by atoms with Crippen molar-refractivity contribution in [2.24, 2.45) is 0 Å². The van der Waals surface area contributed by atoms with E-state index in [-0.39, 0.29) is 35.3 Å². The van der Waals surface area contributed by atoms with E-state index in [9.17, 15) is 8.42 Å². The monoisotopic (exact) mass is 210 g/mol. The zero-order valence-corrected chi connectivity index (χ0v) is 10.1. The Morgan fingerprint density at radius 3 is 2.08 bits per heavy atom. The first-order valence-corrected chi connectivity index (χ1v) is 4.88. The molecule has 0 amide bonds. The predicted molar refractivity (Wildman–Crippen MR) is 51.9 cm³/mol. The maximum Gasteiger partial charge on any atom is 0.269 e. The summed E-state index contributed by atoms with van der Waals surface area (Å²) >= 11 is 0. The first-order valence-electron chi connectivity index (χ1n) is 3.27. The van der Waals surface area contributed by atoms with Crippen molar-refractivity contribution in [3.8, 4) is 0 Å². The normalized spacial score (nSPS) is 10.5. The number of nitrogen functional groups attached to an aromatic ring is 1. The molecule has 0 unspecified atom stereocenters. The third-order valence-corrected chi connectivity index (χ3v) is 2.03. The average molecular weight is 210 g/mol. The second-order valence-electron chi connectivity index (χ2n) is 2.47. The van der Waals surface area contributed by atoms with Crippen molar-refractivity contribution >= 4 is 45.4 Å². The van der Waals surface area contributed by atoms with Crippen LogP contribution in [-0.4, -0.2) is 42.5 Å². The molecule has 67 valence electrons. The van der Waals surface area contributed by atoms with Gasteiger partial charge in [0.1, 0.15) is 5.75 Å². The molecule has 1 aromatic carbocycles. The van der Waals surface area contributed by atoms with Gasteiger partial charge in [0.15, 0.2) is 0 Å². The van der Waals surface area contributed by atoms with Gasteiger partial charge in [0, 0.05) is 35.2 Å². The number of hydrogen-bond donors (Lipinski definition) is 2. The van der Waals surface area contributed by atoms with Gasteiger partial charge in [0.05, 0.1) is 0 Å². The van der Waals surface area contributed by atoms with E-state index < -0.39 is 10.1 Å². The standard InChI is InChI=1S/C7H9NO3S.Na/c8-7-3-1-6(2-4-7)5-12(9,10)11;/h1-4H,5,8H2,(H,9,10,11);. The van der Waals surface area contributed by atoms with Crippen molar-refractivity contribution < 1.29 is 13.0 Å². The Hall–Kier alpha value is -0.0700. The van der Waals surface area contributed by atoms with Gasteiger partial charge in [-0.2, -0.15) is 8.42 Å². The topological polar surface area (TPSA) is 80.4 Å². The molecule has 0 saturated heterocycles. The fourth-order valence-corrected chi connectivity index (χ4v) is 1.44. The Morgan fingerprint density at radius 1 is 1.23 bits per heavy atom. The molecule has 1 rings (SSSR count). The Kier molecular flexibility index (Phi) is 4.95. The smallest absolute Gasteiger partial charge is 0.269 e. The van der Waals surface area contributed by atoms with Crippen molar-refractivity contribution in [1.82, 2.24) is 0 Å². The molecule has 0 atom stereocenters. The van der Waals surface area contributed by atoms with Gasteiger partial charge in [-0.3, -0.25) is 4.55 Å². The van der Waals surface area contributed by atoms with Crippen LogP contribution in [0.3, 0.4) is 0 Å². The van der Waals surface area contributed by atoms with Crippen molar-refractivity contribution in [2.75, 3.05) is 5.73 Å². The summed E-state index contributed by atoms with van der Waals surface area (Å²) in [5.74, 6) is -0.368. The fraction of sp³-hybridized carbons (Fsp3) is 0.143. The van der Waals surface area contributed by atoms with E-state index in [0.717, 1.165) is 0 Å². The van der Waals surface area contributed by atoms with E-state index in [1.54, 1.807) is 24.3 Å². The molecule has 0 aliphatic heterocycles. The second kappa shape index (κ2) is 4.97. The second-order valence-corrected chi connectivity index (χ2v) is 3.92. The van der Waals surface area contributed by atoms with Crippen molar-refractivity contribution in [3.05, 3.63) is 29.8 Å². The summed E-state index contributed by atoms with van der Waals surface area (Å²) < 4.78 is 29.3. The number of rotatable bonds is 2. The SMILES string of the molecule is Nc1ccc(CS(=O)(=O)O)cc1.[Na]. The number of benzene rings is 1. The Bertz CT molecular complexity index is 360. The van der Waals surface area contributed by atoms with E-state index in [1.165, 1.54) is 0 Å². The quantitative estimate of drug-likeness (QED) is 0.417. The van der Waals surface area contributed by atoms with Crippen LogP contribution in [0.15, 0.2) is 24.3 Å². The zero-order chi connectivity index (χ0) is 9.19. The Labute approximate surface area is 99.2 Å². The fourth-order valence-electron chi connectivity index (χ4n) is 0.824. The minimum atomic E-state index is -3.93. The molecule has 3 N–H and O–H groups in total. The molecule has 0 aliphatic rings. The molecule has 0 aromatic heterocycles. The van der Waals surface area contributed by atoms with Crippen LogP contribution in [0, 0.1) is 0 Å². The molecule has 13 heavy (non-hydrogen) atoms. The molecule has 1 radical (unpaired) electrons. The summed E-state index contributed by atoms with van der Waals surface area (Å²) in [5.41, 5.74) is 6.46. The van der Waals surface area contributed by atoms with E-state index in [2.05, 4.69) is 0 Å². The van der Waals surface area contributed by atoms with Crippen LogP contribution in [0.1, 0.15) is 5.56 Å². The van der Waals surface area contributed by atoms with Gasteiger partial charge >= 0.3 is 0 Å². The molecule has 6 heteroatoms. The predicted octanol–water partition coefficient (Wildman–Crippen LogP) is 0.276. The zero-order valence-electron chi connectivity index (χ0n) is 7.27. The molecule has 0 saturated carbocycles. The van der Waals surface area contributed by atoms with Gasteiger partial charge in [-0.05, 0) is 17.7 Å². The molecule has 0 bridgehead atoms. The van der Waals surface area contributed by atoms with Crippen LogP contribution in [0.5, 0.6) is 0 Å².